The fourth-order valence-corrected chi connectivity index (χ4v) is 6.98. The number of nitrogens with one attached hydrogen (secondary N) is 1. The Kier molecular flexibility index (Phi) is 6.78. The first kappa shape index (κ1) is 28.2. The summed E-state index contributed by atoms with van der Waals surface area (Å²) in [5.74, 6) is 0. The second-order valence-corrected chi connectivity index (χ2v) is 14.8. The number of thiophene rings is 1. The molecular weight excluding hydrogens is 555 g/mol. The minimum Gasteiger partial charge on any atom is -0.355 e. The predicted octanol–water partition coefficient (Wildman–Crippen LogP) is 11.3. The smallest absolute Gasteiger partial charge is 0.0730 e. The van der Waals surface area contributed by atoms with Crippen LogP contribution < -0.4 is 0 Å². The van der Waals surface area contributed by atoms with Gasteiger partial charge in [0.1, 0.15) is 0 Å². The first-order valence-corrected chi connectivity index (χ1v) is 16.1. The maximum absolute atomic E-state index is 5.12. The van der Waals surface area contributed by atoms with Gasteiger partial charge in [-0.05, 0) is 93.8 Å². The highest BCUT2D eigenvalue weighted by Gasteiger charge is 2.18. The SMILES string of the molecule is CC(C)(C)c1ccc(-c2c3nc(cc4ccc(cc5nc(c(-c6ccc(C(C)(C)C)cc6)c6ccc2s6)C=C5)[nH]4)C=C3)cc1. The van der Waals surface area contributed by atoms with Gasteiger partial charge in [0.2, 0.25) is 0 Å². The molecule has 2 aliphatic heterocycles. The zero-order valence-corrected chi connectivity index (χ0v) is 27.0. The van der Waals surface area contributed by atoms with Gasteiger partial charge in [-0.15, -0.1) is 11.3 Å². The van der Waals surface area contributed by atoms with Crippen LogP contribution in [0.25, 0.3) is 67.0 Å². The number of benzene rings is 2. The number of rotatable bonds is 2. The van der Waals surface area contributed by atoms with Crippen LogP contribution in [0.3, 0.4) is 0 Å². The summed E-state index contributed by atoms with van der Waals surface area (Å²) < 4.78 is 2.37. The van der Waals surface area contributed by atoms with E-state index in [9.17, 15) is 0 Å². The van der Waals surface area contributed by atoms with Crippen molar-refractivity contribution >= 4 is 56.1 Å². The number of aromatic amines is 1. The Bertz CT molecular complexity index is 1960. The van der Waals surface area contributed by atoms with Crippen molar-refractivity contribution in [1.29, 1.82) is 0 Å². The quantitative estimate of drug-likeness (QED) is 0.217. The van der Waals surface area contributed by atoms with Crippen molar-refractivity contribution in [1.82, 2.24) is 15.0 Å². The Hall–Kier alpha value is -4.54. The third-order valence-electron chi connectivity index (χ3n) is 8.35. The topological polar surface area (TPSA) is 41.6 Å². The fourth-order valence-electron chi connectivity index (χ4n) is 5.82. The maximum atomic E-state index is 5.12. The lowest BCUT2D eigenvalue weighted by atomic mass is 9.86. The van der Waals surface area contributed by atoms with Gasteiger partial charge in [-0.2, -0.15) is 0 Å². The molecular formula is C40H37N3S. The average molecular weight is 592 g/mol. The van der Waals surface area contributed by atoms with Gasteiger partial charge in [0.25, 0.3) is 0 Å². The van der Waals surface area contributed by atoms with E-state index in [2.05, 4.69) is 156 Å². The highest BCUT2D eigenvalue weighted by Crippen LogP contribution is 2.39. The molecule has 5 heterocycles. The van der Waals surface area contributed by atoms with E-state index in [0.717, 1.165) is 44.9 Å². The van der Waals surface area contributed by atoms with Crippen LogP contribution >= 0.6 is 11.3 Å². The molecule has 0 saturated carbocycles. The molecule has 2 aromatic carbocycles. The Labute approximate surface area is 263 Å². The van der Waals surface area contributed by atoms with Gasteiger partial charge in [-0.25, -0.2) is 9.97 Å². The highest BCUT2D eigenvalue weighted by molar-refractivity contribution is 7.24. The first-order chi connectivity index (χ1) is 21.0. The van der Waals surface area contributed by atoms with Crippen LogP contribution in [0.2, 0.25) is 0 Å². The van der Waals surface area contributed by atoms with Crippen molar-refractivity contribution in [3.05, 3.63) is 119 Å². The summed E-state index contributed by atoms with van der Waals surface area (Å²) in [5.41, 5.74) is 13.3. The van der Waals surface area contributed by atoms with Gasteiger partial charge in [-0.3, -0.25) is 0 Å². The third kappa shape index (κ3) is 5.46. The van der Waals surface area contributed by atoms with Crippen LogP contribution in [-0.2, 0) is 10.8 Å². The lowest BCUT2D eigenvalue weighted by Gasteiger charge is -2.19. The van der Waals surface area contributed by atoms with Crippen LogP contribution in [0.1, 0.15) is 75.4 Å². The number of fused-ring (bicyclic) bond motifs is 8. The van der Waals surface area contributed by atoms with Crippen LogP contribution in [0.5, 0.6) is 0 Å². The largest absolute Gasteiger partial charge is 0.355 e. The Morgan fingerprint density at radius 1 is 0.500 bits per heavy atom. The molecule has 0 aliphatic carbocycles. The minimum atomic E-state index is 0.0879. The molecule has 3 nitrogen and oxygen atoms in total. The molecule has 2 aliphatic rings. The summed E-state index contributed by atoms with van der Waals surface area (Å²) in [7, 11) is 0. The monoisotopic (exact) mass is 591 g/mol. The van der Waals surface area contributed by atoms with E-state index < -0.39 is 0 Å². The first-order valence-electron chi connectivity index (χ1n) is 15.2. The fraction of sp³-hybridized carbons (Fsp3) is 0.200. The van der Waals surface area contributed by atoms with Crippen molar-refractivity contribution in [2.45, 2.75) is 52.4 Å². The van der Waals surface area contributed by atoms with E-state index >= 15 is 0 Å². The van der Waals surface area contributed by atoms with Crippen molar-refractivity contribution in [2.75, 3.05) is 0 Å². The number of aromatic nitrogens is 3. The van der Waals surface area contributed by atoms with E-state index in [1.54, 1.807) is 11.3 Å². The molecule has 1 N–H and O–H groups in total. The molecule has 218 valence electrons. The highest BCUT2D eigenvalue weighted by atomic mass is 32.1. The Morgan fingerprint density at radius 2 is 0.909 bits per heavy atom. The normalized spacial score (nSPS) is 13.0. The molecule has 0 amide bonds. The zero-order valence-electron chi connectivity index (χ0n) is 26.2. The van der Waals surface area contributed by atoms with Gasteiger partial charge in [0.15, 0.2) is 0 Å². The molecule has 0 fully saturated rings. The van der Waals surface area contributed by atoms with Gasteiger partial charge < -0.3 is 4.98 Å². The second kappa shape index (κ2) is 10.6. The Morgan fingerprint density at radius 3 is 1.30 bits per heavy atom. The summed E-state index contributed by atoms with van der Waals surface area (Å²) >= 11 is 1.81. The number of hydrogen-bond donors (Lipinski definition) is 1. The predicted molar refractivity (Wildman–Crippen MR) is 191 cm³/mol. The van der Waals surface area contributed by atoms with Crippen molar-refractivity contribution < 1.29 is 0 Å². The lowest BCUT2D eigenvalue weighted by molar-refractivity contribution is 0.590. The molecule has 8 bridgehead atoms. The van der Waals surface area contributed by atoms with Crippen LogP contribution in [0.15, 0.2) is 84.9 Å². The molecule has 0 atom stereocenters. The molecule has 44 heavy (non-hydrogen) atoms. The molecule has 5 aromatic rings. The summed E-state index contributed by atoms with van der Waals surface area (Å²) in [6, 6.07) is 30.9. The molecule has 3 aromatic heterocycles. The molecule has 0 saturated heterocycles. The molecule has 7 rings (SSSR count). The average Bonchev–Trinajstić information content (AvgIpc) is 3.79. The lowest BCUT2D eigenvalue weighted by Crippen LogP contribution is -2.10. The van der Waals surface area contributed by atoms with E-state index in [0.29, 0.717) is 0 Å². The third-order valence-corrected chi connectivity index (χ3v) is 9.47. The van der Waals surface area contributed by atoms with E-state index in [1.165, 1.54) is 31.7 Å². The number of hydrogen-bond acceptors (Lipinski definition) is 3. The second-order valence-electron chi connectivity index (χ2n) is 13.7. The number of H-pyrrole nitrogens is 1. The van der Waals surface area contributed by atoms with E-state index in [4.69, 9.17) is 9.97 Å². The van der Waals surface area contributed by atoms with Crippen molar-refractivity contribution in [2.24, 2.45) is 0 Å². The van der Waals surface area contributed by atoms with Gasteiger partial charge in [-0.1, -0.05) is 90.1 Å². The van der Waals surface area contributed by atoms with Crippen LogP contribution in [-0.4, -0.2) is 15.0 Å². The summed E-state index contributed by atoms with van der Waals surface area (Å²) in [5, 5.41) is 0. The van der Waals surface area contributed by atoms with Crippen molar-refractivity contribution in [3.8, 4) is 22.3 Å². The Balaban J connectivity index is 1.55. The minimum absolute atomic E-state index is 0.0879. The summed E-state index contributed by atoms with van der Waals surface area (Å²) in [4.78, 5) is 13.8. The van der Waals surface area contributed by atoms with Crippen molar-refractivity contribution in [3.63, 3.8) is 0 Å². The van der Waals surface area contributed by atoms with Gasteiger partial charge in [0, 0.05) is 31.6 Å². The van der Waals surface area contributed by atoms with E-state index in [1.807, 2.05) is 0 Å². The molecule has 0 radical (unpaired) electrons. The molecule has 0 spiro atoms. The van der Waals surface area contributed by atoms with Gasteiger partial charge >= 0.3 is 0 Å². The maximum Gasteiger partial charge on any atom is 0.0730 e. The standard InChI is InChI=1S/C40H37N3S/c1-39(2,3)27-11-7-25(8-12-27)37-33-19-17-31(42-33)23-29-15-16-30(41-29)24-32-18-20-34(43-32)38(36-22-21-35(37)44-36)26-9-13-28(14-10-26)40(4,5)6/h7-24,41H,1-6H3. The summed E-state index contributed by atoms with van der Waals surface area (Å²) in [6.07, 6.45) is 8.50. The zero-order chi connectivity index (χ0) is 30.6. The van der Waals surface area contributed by atoms with Crippen LogP contribution in [0.4, 0.5) is 0 Å². The summed E-state index contributed by atoms with van der Waals surface area (Å²) in [6.45, 7) is 13.5. The van der Waals surface area contributed by atoms with Crippen LogP contribution in [0, 0.1) is 0 Å². The van der Waals surface area contributed by atoms with E-state index in [-0.39, 0.29) is 10.8 Å². The molecule has 4 heteroatoms. The molecule has 0 unspecified atom stereocenters. The number of nitrogens with zero attached hydrogens (tertiary/aromatic N) is 2. The van der Waals surface area contributed by atoms with Gasteiger partial charge in [0.05, 0.1) is 22.8 Å².